The van der Waals surface area contributed by atoms with E-state index in [-0.39, 0.29) is 18.0 Å². The van der Waals surface area contributed by atoms with E-state index in [0.717, 1.165) is 11.3 Å². The summed E-state index contributed by atoms with van der Waals surface area (Å²) in [6.45, 7) is 9.26. The summed E-state index contributed by atoms with van der Waals surface area (Å²) in [6.07, 6.45) is 0. The average Bonchev–Trinajstić information content (AvgIpc) is 3.13. The number of methoxy groups -OCH3 is 2. The number of ether oxygens (including phenoxy) is 2. The lowest BCUT2D eigenvalue weighted by Gasteiger charge is -2.33. The molecule has 0 radical (unpaired) electrons. The van der Waals surface area contributed by atoms with E-state index >= 15 is 0 Å². The molecule has 2 aromatic heterocycles. The third kappa shape index (κ3) is 3.30. The van der Waals surface area contributed by atoms with Crippen LogP contribution in [0.2, 0.25) is 0 Å². The highest BCUT2D eigenvalue weighted by molar-refractivity contribution is 5.78. The van der Waals surface area contributed by atoms with Crippen molar-refractivity contribution in [1.29, 1.82) is 0 Å². The fourth-order valence-corrected chi connectivity index (χ4v) is 4.13. The fourth-order valence-electron chi connectivity index (χ4n) is 4.13. The van der Waals surface area contributed by atoms with E-state index in [1.807, 2.05) is 27.7 Å². The molecule has 3 heterocycles. The van der Waals surface area contributed by atoms with Gasteiger partial charge in [-0.25, -0.2) is 4.79 Å². The maximum atomic E-state index is 13.3. The zero-order chi connectivity index (χ0) is 22.4. The third-order valence-corrected chi connectivity index (χ3v) is 5.55. The predicted molar refractivity (Wildman–Crippen MR) is 120 cm³/mol. The van der Waals surface area contributed by atoms with Crippen molar-refractivity contribution in [3.63, 3.8) is 0 Å². The van der Waals surface area contributed by atoms with Crippen LogP contribution in [-0.4, -0.2) is 39.4 Å². The molecule has 164 valence electrons. The molecule has 0 spiro atoms. The number of aromatic nitrogens is 4. The van der Waals surface area contributed by atoms with Crippen LogP contribution in [0.4, 0.5) is 11.6 Å². The molecule has 1 aliphatic heterocycles. The maximum Gasteiger partial charge on any atom is 0.332 e. The van der Waals surface area contributed by atoms with Gasteiger partial charge in [0.15, 0.2) is 11.2 Å². The second-order valence-electron chi connectivity index (χ2n) is 8.14. The van der Waals surface area contributed by atoms with Crippen molar-refractivity contribution in [2.75, 3.05) is 25.7 Å². The van der Waals surface area contributed by atoms with Gasteiger partial charge in [0.05, 0.1) is 26.5 Å². The van der Waals surface area contributed by atoms with Crippen LogP contribution in [0.1, 0.15) is 13.8 Å². The summed E-state index contributed by atoms with van der Waals surface area (Å²) >= 11 is 0. The van der Waals surface area contributed by atoms with Gasteiger partial charge in [0.25, 0.3) is 5.56 Å². The van der Waals surface area contributed by atoms with Crippen LogP contribution in [-0.2, 0) is 20.1 Å². The van der Waals surface area contributed by atoms with Gasteiger partial charge >= 0.3 is 5.69 Å². The summed E-state index contributed by atoms with van der Waals surface area (Å²) in [5.74, 6) is 2.17. The minimum absolute atomic E-state index is 0.174. The topological polar surface area (TPSA) is 83.5 Å². The molecule has 1 atom stereocenters. The van der Waals surface area contributed by atoms with Gasteiger partial charge in [-0.3, -0.25) is 13.9 Å². The Morgan fingerprint density at radius 3 is 2.61 bits per heavy atom. The maximum absolute atomic E-state index is 13.3. The Morgan fingerprint density at radius 1 is 1.23 bits per heavy atom. The van der Waals surface area contributed by atoms with Crippen LogP contribution >= 0.6 is 0 Å². The number of allylic oxidation sites excluding steroid dienone is 1. The standard InChI is InChI=1S/C22H27N5O4/c1-13(2)10-27-20(28)18-19(24(4)22(27)29)23-21-25(11-14(3)12-26(18)21)16-8-7-15(30-5)9-17(16)31-6/h7-9,14H,1,10-12H2,2-6H3/t14-/m1/s1. The van der Waals surface area contributed by atoms with Crippen molar-refractivity contribution in [2.45, 2.75) is 26.9 Å². The smallest absolute Gasteiger partial charge is 0.332 e. The quantitative estimate of drug-likeness (QED) is 0.583. The van der Waals surface area contributed by atoms with Crippen molar-refractivity contribution in [1.82, 2.24) is 18.7 Å². The third-order valence-electron chi connectivity index (χ3n) is 5.55. The highest BCUT2D eigenvalue weighted by Gasteiger charge is 2.31. The van der Waals surface area contributed by atoms with Gasteiger partial charge < -0.3 is 18.9 Å². The van der Waals surface area contributed by atoms with Crippen LogP contribution < -0.4 is 25.6 Å². The van der Waals surface area contributed by atoms with E-state index in [1.54, 1.807) is 28.2 Å². The molecule has 0 saturated heterocycles. The summed E-state index contributed by atoms with van der Waals surface area (Å²) < 4.78 is 15.5. The van der Waals surface area contributed by atoms with Crippen molar-refractivity contribution in [3.05, 3.63) is 51.2 Å². The van der Waals surface area contributed by atoms with Crippen LogP contribution in [0.15, 0.2) is 39.9 Å². The molecular weight excluding hydrogens is 398 g/mol. The monoisotopic (exact) mass is 425 g/mol. The predicted octanol–water partition coefficient (Wildman–Crippen LogP) is 2.28. The summed E-state index contributed by atoms with van der Waals surface area (Å²) in [7, 11) is 4.85. The average molecular weight is 425 g/mol. The molecule has 1 aromatic carbocycles. The van der Waals surface area contributed by atoms with E-state index in [0.29, 0.717) is 41.7 Å². The molecular formula is C22H27N5O4. The molecule has 31 heavy (non-hydrogen) atoms. The molecule has 0 bridgehead atoms. The molecule has 9 heteroatoms. The van der Waals surface area contributed by atoms with Gasteiger partial charge in [0, 0.05) is 26.2 Å². The first-order valence-corrected chi connectivity index (χ1v) is 10.1. The van der Waals surface area contributed by atoms with E-state index in [2.05, 4.69) is 13.5 Å². The summed E-state index contributed by atoms with van der Waals surface area (Å²) in [5.41, 5.74) is 1.58. The van der Waals surface area contributed by atoms with E-state index < -0.39 is 5.69 Å². The second-order valence-corrected chi connectivity index (χ2v) is 8.14. The van der Waals surface area contributed by atoms with Crippen LogP contribution in [0, 0.1) is 5.92 Å². The molecule has 0 aliphatic carbocycles. The van der Waals surface area contributed by atoms with Gasteiger partial charge in [-0.15, -0.1) is 0 Å². The van der Waals surface area contributed by atoms with Gasteiger partial charge in [-0.2, -0.15) is 4.98 Å². The minimum Gasteiger partial charge on any atom is -0.497 e. The van der Waals surface area contributed by atoms with Crippen molar-refractivity contribution in [3.8, 4) is 11.5 Å². The lowest BCUT2D eigenvalue weighted by molar-refractivity contribution is 0.392. The molecule has 9 nitrogen and oxygen atoms in total. The molecule has 0 fully saturated rings. The Hall–Kier alpha value is -3.49. The second kappa shape index (κ2) is 7.64. The zero-order valence-corrected chi connectivity index (χ0v) is 18.5. The van der Waals surface area contributed by atoms with Crippen LogP contribution in [0.3, 0.4) is 0 Å². The zero-order valence-electron chi connectivity index (χ0n) is 18.5. The Labute approximate surface area is 179 Å². The van der Waals surface area contributed by atoms with Gasteiger partial charge in [-0.1, -0.05) is 19.1 Å². The number of imidazole rings is 1. The largest absolute Gasteiger partial charge is 0.497 e. The molecule has 0 amide bonds. The number of rotatable bonds is 5. The Morgan fingerprint density at radius 2 is 1.97 bits per heavy atom. The SMILES string of the molecule is C=C(C)Cn1c(=O)c2c(nc3n2C[C@H](C)CN3c2ccc(OC)cc2OC)n(C)c1=O. The van der Waals surface area contributed by atoms with E-state index in [1.165, 1.54) is 9.13 Å². The molecule has 0 saturated carbocycles. The molecule has 0 N–H and O–H groups in total. The molecule has 0 unspecified atom stereocenters. The number of anilines is 2. The van der Waals surface area contributed by atoms with E-state index in [9.17, 15) is 9.59 Å². The van der Waals surface area contributed by atoms with E-state index in [4.69, 9.17) is 14.5 Å². The number of fused-ring (bicyclic) bond motifs is 3. The summed E-state index contributed by atoms with van der Waals surface area (Å²) in [6, 6.07) is 5.59. The van der Waals surface area contributed by atoms with Crippen LogP contribution in [0.25, 0.3) is 11.2 Å². The lowest BCUT2D eigenvalue weighted by Crippen LogP contribution is -2.40. The molecule has 3 aromatic rings. The molecule has 4 rings (SSSR count). The first-order chi connectivity index (χ1) is 14.8. The Balaban J connectivity index is 1.99. The lowest BCUT2D eigenvalue weighted by atomic mass is 10.1. The molecule has 1 aliphatic rings. The first kappa shape index (κ1) is 20.8. The van der Waals surface area contributed by atoms with Crippen molar-refractivity contribution in [2.24, 2.45) is 13.0 Å². The van der Waals surface area contributed by atoms with Gasteiger partial charge in [0.2, 0.25) is 5.95 Å². The number of nitrogens with zero attached hydrogens (tertiary/aromatic N) is 5. The summed E-state index contributed by atoms with van der Waals surface area (Å²) in [4.78, 5) is 32.9. The van der Waals surface area contributed by atoms with Gasteiger partial charge in [-0.05, 0) is 25.0 Å². The number of hydrogen-bond donors (Lipinski definition) is 0. The summed E-state index contributed by atoms with van der Waals surface area (Å²) in [5, 5.41) is 0. The number of benzene rings is 1. The first-order valence-electron chi connectivity index (χ1n) is 10.1. The van der Waals surface area contributed by atoms with Crippen LogP contribution in [0.5, 0.6) is 11.5 Å². The minimum atomic E-state index is -0.405. The Bertz CT molecular complexity index is 1300. The highest BCUT2D eigenvalue weighted by Crippen LogP contribution is 2.39. The van der Waals surface area contributed by atoms with Gasteiger partial charge in [0.1, 0.15) is 11.5 Å². The number of aryl methyl sites for hydroxylation is 1. The normalized spacial score (nSPS) is 15.8. The fraction of sp³-hybridized carbons (Fsp3) is 0.409. The highest BCUT2D eigenvalue weighted by atomic mass is 16.5. The number of hydrogen-bond acceptors (Lipinski definition) is 6. The van der Waals surface area contributed by atoms with Crippen molar-refractivity contribution >= 4 is 22.8 Å². The Kier molecular flexibility index (Phi) is 5.12. The van der Waals surface area contributed by atoms with Crippen molar-refractivity contribution < 1.29 is 9.47 Å².